The molecular formula is C7H14O5Y. The molecule has 0 amide bonds. The van der Waals surface area contributed by atoms with Crippen LogP contribution < -0.4 is 0 Å². The van der Waals surface area contributed by atoms with E-state index in [-0.39, 0.29) is 39.1 Å². The largest absolute Gasteiger partial charge is 0.394 e. The average Bonchev–Trinajstić information content (AvgIpc) is 2.12. The molecule has 4 N–H and O–H groups in total. The molecule has 0 aliphatic rings. The van der Waals surface area contributed by atoms with E-state index in [2.05, 4.69) is 0 Å². The molecule has 0 aromatic heterocycles. The van der Waals surface area contributed by atoms with Crippen molar-refractivity contribution in [3.8, 4) is 0 Å². The molecule has 0 aliphatic carbocycles. The molecule has 0 rings (SSSR count). The van der Waals surface area contributed by atoms with Gasteiger partial charge in [0.05, 0.1) is 6.61 Å². The summed E-state index contributed by atoms with van der Waals surface area (Å²) in [5.41, 5.74) is 0. The average molecular weight is 267 g/mol. The van der Waals surface area contributed by atoms with Gasteiger partial charge in [-0.2, -0.15) is 0 Å². The van der Waals surface area contributed by atoms with Gasteiger partial charge in [0.2, 0.25) is 0 Å². The van der Waals surface area contributed by atoms with E-state index in [4.69, 9.17) is 20.4 Å². The molecule has 75 valence electrons. The summed E-state index contributed by atoms with van der Waals surface area (Å²) in [6.45, 7) is 0.846. The Hall–Kier alpha value is 0.614. The summed E-state index contributed by atoms with van der Waals surface area (Å²) in [4.78, 5) is 10.8. The summed E-state index contributed by atoms with van der Waals surface area (Å²) < 4.78 is 0. The molecule has 3 atom stereocenters. The molecule has 3 unspecified atom stereocenters. The van der Waals surface area contributed by atoms with E-state index in [0.29, 0.717) is 0 Å². The van der Waals surface area contributed by atoms with Crippen molar-refractivity contribution in [2.45, 2.75) is 31.7 Å². The summed E-state index contributed by atoms with van der Waals surface area (Å²) in [6, 6.07) is 0. The van der Waals surface area contributed by atoms with Crippen LogP contribution in [0.1, 0.15) is 13.3 Å². The Morgan fingerprint density at radius 2 is 1.77 bits per heavy atom. The van der Waals surface area contributed by atoms with Crippen LogP contribution in [0.25, 0.3) is 0 Å². The van der Waals surface area contributed by atoms with Crippen LogP contribution in [-0.2, 0) is 37.5 Å². The van der Waals surface area contributed by atoms with Crippen LogP contribution >= 0.6 is 0 Å². The maximum Gasteiger partial charge on any atom is 0.163 e. The number of carbonyl (C=O) groups is 1. The van der Waals surface area contributed by atoms with Crippen molar-refractivity contribution in [2.24, 2.45) is 0 Å². The number of rotatable bonds is 5. The number of Topliss-reactive ketones (excluding diaryl/α,β-unsaturated/α-hetero) is 1. The van der Waals surface area contributed by atoms with Crippen molar-refractivity contribution in [3.63, 3.8) is 0 Å². The van der Waals surface area contributed by atoms with Gasteiger partial charge in [0.15, 0.2) is 5.78 Å². The molecule has 0 spiro atoms. The second-order valence-electron chi connectivity index (χ2n) is 2.51. The normalized spacial score (nSPS) is 17.0. The van der Waals surface area contributed by atoms with E-state index in [1.54, 1.807) is 0 Å². The van der Waals surface area contributed by atoms with Crippen LogP contribution in [0.4, 0.5) is 0 Å². The first-order chi connectivity index (χ1) is 5.54. The topological polar surface area (TPSA) is 98.0 Å². The molecule has 13 heavy (non-hydrogen) atoms. The second kappa shape index (κ2) is 7.97. The maximum absolute atomic E-state index is 10.8. The van der Waals surface area contributed by atoms with Gasteiger partial charge >= 0.3 is 0 Å². The Balaban J connectivity index is 0. The van der Waals surface area contributed by atoms with Crippen LogP contribution in [0.15, 0.2) is 0 Å². The zero-order valence-electron chi connectivity index (χ0n) is 7.42. The first kappa shape index (κ1) is 16.1. The number of aliphatic hydroxyl groups is 4. The van der Waals surface area contributed by atoms with Crippen molar-refractivity contribution in [1.29, 1.82) is 0 Å². The molecule has 0 aromatic rings. The molecule has 5 nitrogen and oxygen atoms in total. The van der Waals surface area contributed by atoms with Gasteiger partial charge < -0.3 is 20.4 Å². The predicted octanol–water partition coefficient (Wildman–Crippen LogP) is -1.96. The maximum atomic E-state index is 10.8. The standard InChI is InChI=1S/C7H14O5.Y/c1-2-4(9)6(11)7(12)5(10)3-8;/h5-8,10-12H,2-3H2,1H3;. The Bertz CT molecular complexity index is 152. The van der Waals surface area contributed by atoms with E-state index in [0.717, 1.165) is 0 Å². The van der Waals surface area contributed by atoms with Gasteiger partial charge in [-0.05, 0) is 0 Å². The fourth-order valence-electron chi connectivity index (χ4n) is 0.718. The number of ketones is 1. The molecule has 6 heteroatoms. The number of aliphatic hydroxyl groups excluding tert-OH is 4. The fourth-order valence-corrected chi connectivity index (χ4v) is 0.718. The summed E-state index contributed by atoms with van der Waals surface area (Å²) in [5.74, 6) is -0.560. The smallest absolute Gasteiger partial charge is 0.163 e. The Kier molecular flexibility index (Phi) is 9.84. The quantitative estimate of drug-likeness (QED) is 0.463. The third kappa shape index (κ3) is 5.15. The van der Waals surface area contributed by atoms with E-state index in [1.807, 2.05) is 0 Å². The van der Waals surface area contributed by atoms with Crippen molar-refractivity contribution in [1.82, 2.24) is 0 Å². The van der Waals surface area contributed by atoms with Crippen LogP contribution in [0.5, 0.6) is 0 Å². The molecule has 0 aromatic carbocycles. The molecule has 0 bridgehead atoms. The molecular weight excluding hydrogens is 253 g/mol. The predicted molar refractivity (Wildman–Crippen MR) is 40.4 cm³/mol. The Morgan fingerprint density at radius 3 is 2.08 bits per heavy atom. The van der Waals surface area contributed by atoms with E-state index in [1.165, 1.54) is 6.92 Å². The summed E-state index contributed by atoms with van der Waals surface area (Å²) in [6.07, 6.45) is -4.62. The van der Waals surface area contributed by atoms with E-state index >= 15 is 0 Å². The van der Waals surface area contributed by atoms with E-state index < -0.39 is 30.7 Å². The minimum atomic E-state index is -1.61. The third-order valence-electron chi connectivity index (χ3n) is 1.58. The molecule has 0 aliphatic heterocycles. The Morgan fingerprint density at radius 1 is 1.31 bits per heavy atom. The van der Waals surface area contributed by atoms with Gasteiger partial charge in [0.25, 0.3) is 0 Å². The Labute approximate surface area is 102 Å². The van der Waals surface area contributed by atoms with Gasteiger partial charge in [-0.3, -0.25) is 4.79 Å². The van der Waals surface area contributed by atoms with Crippen molar-refractivity contribution in [3.05, 3.63) is 0 Å². The first-order valence-electron chi connectivity index (χ1n) is 3.72. The third-order valence-corrected chi connectivity index (χ3v) is 1.58. The molecule has 0 saturated carbocycles. The van der Waals surface area contributed by atoms with Gasteiger partial charge in [-0.25, -0.2) is 0 Å². The van der Waals surface area contributed by atoms with Crippen LogP contribution in [0.2, 0.25) is 0 Å². The molecule has 0 heterocycles. The first-order valence-corrected chi connectivity index (χ1v) is 3.72. The van der Waals surface area contributed by atoms with Gasteiger partial charge in [-0.15, -0.1) is 0 Å². The van der Waals surface area contributed by atoms with Gasteiger partial charge in [-0.1, -0.05) is 6.92 Å². The van der Waals surface area contributed by atoms with Gasteiger partial charge in [0.1, 0.15) is 18.3 Å². The fraction of sp³-hybridized carbons (Fsp3) is 0.857. The summed E-state index contributed by atoms with van der Waals surface area (Å²) in [7, 11) is 0. The number of hydrogen-bond acceptors (Lipinski definition) is 5. The van der Waals surface area contributed by atoms with E-state index in [9.17, 15) is 4.79 Å². The monoisotopic (exact) mass is 267 g/mol. The second-order valence-corrected chi connectivity index (χ2v) is 2.51. The number of carbonyl (C=O) groups excluding carboxylic acids is 1. The van der Waals surface area contributed by atoms with Crippen molar-refractivity contribution >= 4 is 5.78 Å². The SMILES string of the molecule is CCC(=O)C(O)C(O)C(O)CO.[Y]. The minimum absolute atomic E-state index is 0. The van der Waals surface area contributed by atoms with Crippen LogP contribution in [-0.4, -0.2) is 51.1 Å². The molecule has 0 fully saturated rings. The summed E-state index contributed by atoms with van der Waals surface area (Å²) in [5, 5.41) is 35.2. The zero-order chi connectivity index (χ0) is 9.72. The van der Waals surface area contributed by atoms with Gasteiger partial charge in [0, 0.05) is 39.1 Å². The van der Waals surface area contributed by atoms with Crippen molar-refractivity contribution < 1.29 is 57.9 Å². The summed E-state index contributed by atoms with van der Waals surface area (Å²) >= 11 is 0. The zero-order valence-corrected chi connectivity index (χ0v) is 10.3. The van der Waals surface area contributed by atoms with Crippen LogP contribution in [0, 0.1) is 0 Å². The number of hydrogen-bond donors (Lipinski definition) is 4. The molecule has 0 saturated heterocycles. The van der Waals surface area contributed by atoms with Crippen LogP contribution in [0.3, 0.4) is 0 Å². The molecule has 1 radical (unpaired) electrons. The van der Waals surface area contributed by atoms with Crippen molar-refractivity contribution in [2.75, 3.05) is 6.61 Å². The minimum Gasteiger partial charge on any atom is -0.394 e.